The monoisotopic (exact) mass is 348 g/mol. The number of benzene rings is 1. The number of fused-ring (bicyclic) bond motifs is 1. The minimum Gasteiger partial charge on any atom is -0.481 e. The molecular weight excluding hydrogens is 328 g/mol. The Morgan fingerprint density at radius 1 is 1.33 bits per heavy atom. The first kappa shape index (κ1) is 16.8. The number of hydrogen-bond donors (Lipinski definition) is 1. The van der Waals surface area contributed by atoms with Gasteiger partial charge >= 0.3 is 5.97 Å². The average Bonchev–Trinajstić information content (AvgIpc) is 2.84. The molecule has 1 aliphatic heterocycles. The summed E-state index contributed by atoms with van der Waals surface area (Å²) in [5, 5.41) is 10.2. The van der Waals surface area contributed by atoms with Crippen LogP contribution in [0.2, 0.25) is 5.02 Å². The molecular formula is C18H21ClN2O3. The van der Waals surface area contributed by atoms with E-state index in [0.29, 0.717) is 30.2 Å². The van der Waals surface area contributed by atoms with Gasteiger partial charge in [-0.05, 0) is 31.2 Å². The molecule has 1 N–H and O–H groups in total. The highest BCUT2D eigenvalue weighted by atomic mass is 35.5. The van der Waals surface area contributed by atoms with Gasteiger partial charge in [0.25, 0.3) is 5.91 Å². The van der Waals surface area contributed by atoms with Crippen molar-refractivity contribution in [3.8, 4) is 0 Å². The van der Waals surface area contributed by atoms with Gasteiger partial charge in [-0.15, -0.1) is 0 Å². The van der Waals surface area contributed by atoms with E-state index < -0.39 is 5.97 Å². The molecule has 1 aromatic heterocycles. The standard InChI is InChI=1S/C18H21ClN2O3/c1-20-14-7-3-2-6-13(14)16(19)17(20)18(24)21-10-4-5-12(11-21)8-9-15(22)23/h2-3,6-7,12H,4-5,8-11H2,1H3,(H,22,23)/t12-/m1/s1. The predicted molar refractivity (Wildman–Crippen MR) is 93.4 cm³/mol. The van der Waals surface area contributed by atoms with E-state index in [2.05, 4.69) is 0 Å². The van der Waals surface area contributed by atoms with Crippen LogP contribution in [-0.2, 0) is 11.8 Å². The number of carboxylic acid groups (broad SMARTS) is 1. The fourth-order valence-corrected chi connectivity index (χ4v) is 3.91. The van der Waals surface area contributed by atoms with Crippen LogP contribution in [0.25, 0.3) is 10.9 Å². The maximum atomic E-state index is 13.0. The highest BCUT2D eigenvalue weighted by Gasteiger charge is 2.28. The van der Waals surface area contributed by atoms with Gasteiger partial charge in [0.2, 0.25) is 0 Å². The summed E-state index contributed by atoms with van der Waals surface area (Å²) in [6.45, 7) is 1.30. The van der Waals surface area contributed by atoms with E-state index >= 15 is 0 Å². The van der Waals surface area contributed by atoms with Crippen LogP contribution < -0.4 is 0 Å². The number of carboxylic acids is 1. The summed E-state index contributed by atoms with van der Waals surface area (Å²) in [4.78, 5) is 25.6. The zero-order valence-corrected chi connectivity index (χ0v) is 14.4. The number of nitrogens with zero attached hydrogens (tertiary/aromatic N) is 2. The highest BCUT2D eigenvalue weighted by molar-refractivity contribution is 6.38. The van der Waals surface area contributed by atoms with E-state index in [4.69, 9.17) is 16.7 Å². The highest BCUT2D eigenvalue weighted by Crippen LogP contribution is 2.32. The van der Waals surface area contributed by atoms with Crippen molar-refractivity contribution in [2.75, 3.05) is 13.1 Å². The number of hydrogen-bond acceptors (Lipinski definition) is 2. The number of carbonyl (C=O) groups excluding carboxylic acids is 1. The van der Waals surface area contributed by atoms with Crippen LogP contribution in [0.1, 0.15) is 36.2 Å². The van der Waals surface area contributed by atoms with Crippen molar-refractivity contribution in [1.82, 2.24) is 9.47 Å². The van der Waals surface area contributed by atoms with E-state index in [0.717, 1.165) is 23.7 Å². The molecule has 1 atom stereocenters. The Kier molecular flexibility index (Phi) is 4.81. The second-order valence-corrected chi connectivity index (χ2v) is 6.81. The number of carbonyl (C=O) groups is 2. The Bertz CT molecular complexity index is 745. The van der Waals surface area contributed by atoms with Gasteiger partial charge in [0.1, 0.15) is 5.69 Å². The third-order valence-corrected chi connectivity index (χ3v) is 5.20. The molecule has 5 nitrogen and oxygen atoms in total. The lowest BCUT2D eigenvalue weighted by atomic mass is 9.93. The second-order valence-electron chi connectivity index (χ2n) is 6.43. The Labute approximate surface area is 145 Å². The quantitative estimate of drug-likeness (QED) is 0.919. The molecule has 0 spiro atoms. The van der Waals surface area contributed by atoms with Crippen molar-refractivity contribution in [3.05, 3.63) is 35.0 Å². The normalized spacial score (nSPS) is 18.1. The molecule has 3 rings (SSSR count). The fraction of sp³-hybridized carbons (Fsp3) is 0.444. The van der Waals surface area contributed by atoms with Gasteiger partial charge in [0.15, 0.2) is 0 Å². The number of aromatic nitrogens is 1. The third-order valence-electron chi connectivity index (χ3n) is 4.82. The summed E-state index contributed by atoms with van der Waals surface area (Å²) in [5.41, 5.74) is 1.45. The van der Waals surface area contributed by atoms with Gasteiger partial charge in [-0.2, -0.15) is 0 Å². The molecule has 6 heteroatoms. The number of likely N-dealkylation sites (tertiary alicyclic amines) is 1. The first-order valence-corrected chi connectivity index (χ1v) is 8.60. The number of aryl methyl sites for hydroxylation is 1. The summed E-state index contributed by atoms with van der Waals surface area (Å²) < 4.78 is 1.85. The minimum absolute atomic E-state index is 0.0706. The zero-order valence-electron chi connectivity index (χ0n) is 13.7. The Hall–Kier alpha value is -2.01. The van der Waals surface area contributed by atoms with Crippen LogP contribution in [0, 0.1) is 5.92 Å². The topological polar surface area (TPSA) is 62.5 Å². The van der Waals surface area contributed by atoms with Gasteiger partial charge in [-0.3, -0.25) is 9.59 Å². The Morgan fingerprint density at radius 3 is 2.79 bits per heavy atom. The maximum Gasteiger partial charge on any atom is 0.303 e. The van der Waals surface area contributed by atoms with Crippen molar-refractivity contribution in [1.29, 1.82) is 0 Å². The van der Waals surface area contributed by atoms with Crippen LogP contribution in [0.15, 0.2) is 24.3 Å². The molecule has 24 heavy (non-hydrogen) atoms. The van der Waals surface area contributed by atoms with Gasteiger partial charge in [-0.25, -0.2) is 0 Å². The van der Waals surface area contributed by atoms with Crippen molar-refractivity contribution in [2.24, 2.45) is 13.0 Å². The van der Waals surface area contributed by atoms with Gasteiger partial charge in [0, 0.05) is 37.5 Å². The first-order valence-electron chi connectivity index (χ1n) is 8.23. The molecule has 1 saturated heterocycles. The number of rotatable bonds is 4. The molecule has 0 aliphatic carbocycles. The molecule has 0 unspecified atom stereocenters. The van der Waals surface area contributed by atoms with E-state index in [1.54, 1.807) is 0 Å². The summed E-state index contributed by atoms with van der Waals surface area (Å²) in [6.07, 6.45) is 2.64. The molecule has 0 radical (unpaired) electrons. The smallest absolute Gasteiger partial charge is 0.303 e. The summed E-state index contributed by atoms with van der Waals surface area (Å²) in [5.74, 6) is -0.610. The predicted octanol–water partition coefficient (Wildman–Crippen LogP) is 3.55. The molecule has 1 amide bonds. The van der Waals surface area contributed by atoms with Crippen molar-refractivity contribution < 1.29 is 14.7 Å². The van der Waals surface area contributed by atoms with Crippen molar-refractivity contribution in [3.63, 3.8) is 0 Å². The lowest BCUT2D eigenvalue weighted by Crippen LogP contribution is -2.40. The van der Waals surface area contributed by atoms with Crippen LogP contribution in [0.3, 0.4) is 0 Å². The van der Waals surface area contributed by atoms with Gasteiger partial charge < -0.3 is 14.6 Å². The Morgan fingerprint density at radius 2 is 2.08 bits per heavy atom. The molecule has 128 valence electrons. The number of halogens is 1. The zero-order chi connectivity index (χ0) is 17.3. The van der Waals surface area contributed by atoms with Crippen LogP contribution in [-0.4, -0.2) is 39.5 Å². The van der Waals surface area contributed by atoms with E-state index in [1.165, 1.54) is 0 Å². The second kappa shape index (κ2) is 6.85. The van der Waals surface area contributed by atoms with Crippen molar-refractivity contribution >= 4 is 34.4 Å². The summed E-state index contributed by atoms with van der Waals surface area (Å²) >= 11 is 6.47. The Balaban J connectivity index is 1.82. The number of para-hydroxylation sites is 1. The summed E-state index contributed by atoms with van der Waals surface area (Å²) in [6, 6.07) is 7.70. The fourth-order valence-electron chi connectivity index (χ4n) is 3.55. The molecule has 0 bridgehead atoms. The molecule has 0 saturated carbocycles. The number of aliphatic carboxylic acids is 1. The van der Waals surface area contributed by atoms with E-state index in [-0.39, 0.29) is 18.2 Å². The van der Waals surface area contributed by atoms with Crippen LogP contribution >= 0.6 is 11.6 Å². The SMILES string of the molecule is Cn1c(C(=O)N2CCC[C@H](CCC(=O)O)C2)c(Cl)c2ccccc21. The number of amides is 1. The largest absolute Gasteiger partial charge is 0.481 e. The number of piperidine rings is 1. The lowest BCUT2D eigenvalue weighted by molar-refractivity contribution is -0.137. The van der Waals surface area contributed by atoms with E-state index in [1.807, 2.05) is 40.8 Å². The van der Waals surface area contributed by atoms with Crippen molar-refractivity contribution in [2.45, 2.75) is 25.7 Å². The molecule has 2 heterocycles. The van der Waals surface area contributed by atoms with Gasteiger partial charge in [0.05, 0.1) is 5.02 Å². The molecule has 1 fully saturated rings. The maximum absolute atomic E-state index is 13.0. The average molecular weight is 349 g/mol. The summed E-state index contributed by atoms with van der Waals surface area (Å²) in [7, 11) is 1.85. The van der Waals surface area contributed by atoms with Crippen LogP contribution in [0.5, 0.6) is 0 Å². The van der Waals surface area contributed by atoms with Crippen LogP contribution in [0.4, 0.5) is 0 Å². The molecule has 1 aromatic carbocycles. The third kappa shape index (κ3) is 3.13. The first-order chi connectivity index (χ1) is 11.5. The molecule has 1 aliphatic rings. The lowest BCUT2D eigenvalue weighted by Gasteiger charge is -2.32. The minimum atomic E-state index is -0.782. The van der Waals surface area contributed by atoms with Gasteiger partial charge in [-0.1, -0.05) is 29.8 Å². The van der Waals surface area contributed by atoms with E-state index in [9.17, 15) is 9.59 Å². The molecule has 2 aromatic rings.